The summed E-state index contributed by atoms with van der Waals surface area (Å²) < 4.78 is 11.2. The smallest absolute Gasteiger partial charge is 0.165 e. The summed E-state index contributed by atoms with van der Waals surface area (Å²) >= 11 is 0. The van der Waals surface area contributed by atoms with Crippen molar-refractivity contribution in [3.05, 3.63) is 158 Å². The largest absolute Gasteiger partial charge is 0.455 e. The molecule has 4 heterocycles. The summed E-state index contributed by atoms with van der Waals surface area (Å²) in [5, 5.41) is 6.95. The fourth-order valence-corrected chi connectivity index (χ4v) is 7.86. The molecule has 49 heavy (non-hydrogen) atoms. The first-order valence-electron chi connectivity index (χ1n) is 16.5. The van der Waals surface area contributed by atoms with Gasteiger partial charge in [-0.1, -0.05) is 97.1 Å². The fraction of sp³-hybridized carbons (Fsp3) is 0. The van der Waals surface area contributed by atoms with E-state index in [0.29, 0.717) is 0 Å². The van der Waals surface area contributed by atoms with Crippen LogP contribution in [0.15, 0.2) is 162 Å². The maximum absolute atomic E-state index is 6.57. The minimum Gasteiger partial charge on any atom is -0.455 e. The summed E-state index contributed by atoms with van der Waals surface area (Å²) in [5.41, 5.74) is 10.7. The zero-order valence-corrected chi connectivity index (χ0v) is 26.2. The predicted octanol–water partition coefficient (Wildman–Crippen LogP) is 11.4. The van der Waals surface area contributed by atoms with Crippen LogP contribution in [0.3, 0.4) is 0 Å². The lowest BCUT2D eigenvalue weighted by atomic mass is 10.1. The van der Waals surface area contributed by atoms with E-state index in [1.165, 1.54) is 32.6 Å². The Labute approximate surface area is 279 Å². The van der Waals surface area contributed by atoms with Gasteiger partial charge in [0.05, 0.1) is 33.1 Å². The van der Waals surface area contributed by atoms with Gasteiger partial charge in [0.15, 0.2) is 5.82 Å². The SMILES string of the molecule is c1ccc(-n2c3ccccc3c3c4c5ccccc5n(-c5nc6ccccc6nc5-c5cccc6c5oc5ccccc56)c4ccc32)cc1. The van der Waals surface area contributed by atoms with Gasteiger partial charge in [0.2, 0.25) is 0 Å². The van der Waals surface area contributed by atoms with Gasteiger partial charge in [0.25, 0.3) is 0 Å². The monoisotopic (exact) mass is 626 g/mol. The third kappa shape index (κ3) is 3.64. The highest BCUT2D eigenvalue weighted by molar-refractivity contribution is 6.29. The van der Waals surface area contributed by atoms with Crippen molar-refractivity contribution in [1.29, 1.82) is 0 Å². The summed E-state index contributed by atoms with van der Waals surface area (Å²) in [5.74, 6) is 0.768. The van der Waals surface area contributed by atoms with E-state index < -0.39 is 0 Å². The van der Waals surface area contributed by atoms with Gasteiger partial charge in [-0.05, 0) is 60.7 Å². The number of hydrogen-bond donors (Lipinski definition) is 0. The molecular weight excluding hydrogens is 601 g/mol. The molecule has 0 aliphatic heterocycles. The average molecular weight is 627 g/mol. The summed E-state index contributed by atoms with van der Waals surface area (Å²) in [6.45, 7) is 0. The van der Waals surface area contributed by atoms with Crippen LogP contribution < -0.4 is 0 Å². The molecule has 0 radical (unpaired) electrons. The molecule has 11 rings (SSSR count). The van der Waals surface area contributed by atoms with Crippen LogP contribution in [0.2, 0.25) is 0 Å². The first-order valence-corrected chi connectivity index (χ1v) is 16.5. The molecule has 0 amide bonds. The van der Waals surface area contributed by atoms with Gasteiger partial charge in [-0.15, -0.1) is 0 Å². The van der Waals surface area contributed by atoms with Gasteiger partial charge in [0.1, 0.15) is 16.9 Å². The normalized spacial score (nSPS) is 12.1. The van der Waals surface area contributed by atoms with Crippen molar-refractivity contribution in [1.82, 2.24) is 19.1 Å². The van der Waals surface area contributed by atoms with Gasteiger partial charge in [-0.2, -0.15) is 0 Å². The van der Waals surface area contributed by atoms with Gasteiger partial charge in [-0.25, -0.2) is 9.97 Å². The Morgan fingerprint density at radius 3 is 1.73 bits per heavy atom. The molecule has 5 heteroatoms. The van der Waals surface area contributed by atoms with Crippen molar-refractivity contribution in [3.8, 4) is 22.8 Å². The molecular formula is C44H26N4O. The summed E-state index contributed by atoms with van der Waals surface area (Å²) in [4.78, 5) is 10.7. The standard InChI is InChI=1S/C44H26N4O/c1-2-13-27(14-3-1)47-35-22-9-4-16-30(35)40-37(47)25-26-38-41(40)31-17-5-10-23-36(31)48(38)44-42(45-33-20-7-8-21-34(33)46-44)32-19-12-18-29-28-15-6-11-24-39(28)49-43(29)32/h1-26H. The van der Waals surface area contributed by atoms with Crippen molar-refractivity contribution >= 4 is 76.6 Å². The summed E-state index contributed by atoms with van der Waals surface area (Å²) in [6, 6.07) is 55.1. The van der Waals surface area contributed by atoms with Gasteiger partial charge in [-0.3, -0.25) is 4.57 Å². The molecule has 11 aromatic rings. The number of benzene rings is 7. The summed E-state index contributed by atoms with van der Waals surface area (Å²) in [6.07, 6.45) is 0. The lowest BCUT2D eigenvalue weighted by molar-refractivity contribution is 0.669. The molecule has 0 atom stereocenters. The Bertz CT molecular complexity index is 3110. The second-order valence-corrected chi connectivity index (χ2v) is 12.6. The maximum Gasteiger partial charge on any atom is 0.165 e. The zero-order valence-electron chi connectivity index (χ0n) is 26.2. The van der Waals surface area contributed by atoms with Crippen LogP contribution in [-0.2, 0) is 0 Å². The van der Waals surface area contributed by atoms with Crippen molar-refractivity contribution < 1.29 is 4.42 Å². The highest BCUT2D eigenvalue weighted by atomic mass is 16.3. The molecule has 0 aliphatic carbocycles. The number of aromatic nitrogens is 4. The number of fused-ring (bicyclic) bond motifs is 11. The van der Waals surface area contributed by atoms with Crippen LogP contribution in [-0.4, -0.2) is 19.1 Å². The first kappa shape index (κ1) is 26.4. The van der Waals surface area contributed by atoms with Crippen LogP contribution in [0.4, 0.5) is 0 Å². The van der Waals surface area contributed by atoms with Crippen LogP contribution in [0.25, 0.3) is 99.3 Å². The number of para-hydroxylation sites is 7. The Morgan fingerprint density at radius 2 is 0.980 bits per heavy atom. The molecule has 0 aliphatic rings. The predicted molar refractivity (Wildman–Crippen MR) is 201 cm³/mol. The van der Waals surface area contributed by atoms with Gasteiger partial charge >= 0.3 is 0 Å². The van der Waals surface area contributed by atoms with E-state index in [-0.39, 0.29) is 0 Å². The van der Waals surface area contributed by atoms with Gasteiger partial charge < -0.3 is 8.98 Å². The third-order valence-electron chi connectivity index (χ3n) is 9.91. The minimum absolute atomic E-state index is 0.768. The number of hydrogen-bond acceptors (Lipinski definition) is 3. The van der Waals surface area contributed by atoms with Crippen LogP contribution >= 0.6 is 0 Å². The maximum atomic E-state index is 6.57. The number of nitrogens with zero attached hydrogens (tertiary/aromatic N) is 4. The molecule has 4 aromatic heterocycles. The zero-order chi connectivity index (χ0) is 32.1. The lowest BCUT2D eigenvalue weighted by Gasteiger charge is -2.14. The molecule has 0 bridgehead atoms. The quantitative estimate of drug-likeness (QED) is 0.196. The molecule has 0 spiro atoms. The fourth-order valence-electron chi connectivity index (χ4n) is 7.86. The van der Waals surface area contributed by atoms with Gasteiger partial charge in [0, 0.05) is 43.6 Å². The topological polar surface area (TPSA) is 48.8 Å². The van der Waals surface area contributed by atoms with E-state index >= 15 is 0 Å². The van der Waals surface area contributed by atoms with E-state index in [4.69, 9.17) is 14.4 Å². The Morgan fingerprint density at radius 1 is 0.408 bits per heavy atom. The highest BCUT2D eigenvalue weighted by Crippen LogP contribution is 2.44. The minimum atomic E-state index is 0.768. The molecule has 0 unspecified atom stereocenters. The summed E-state index contributed by atoms with van der Waals surface area (Å²) in [7, 11) is 0. The van der Waals surface area contributed by atoms with E-state index in [1.54, 1.807) is 0 Å². The van der Waals surface area contributed by atoms with E-state index in [1.807, 2.05) is 36.4 Å². The molecule has 5 nitrogen and oxygen atoms in total. The van der Waals surface area contributed by atoms with E-state index in [2.05, 4.69) is 130 Å². The Kier molecular flexibility index (Phi) is 5.32. The molecule has 0 saturated carbocycles. The average Bonchev–Trinajstić information content (AvgIpc) is 3.82. The second-order valence-electron chi connectivity index (χ2n) is 12.6. The lowest BCUT2D eigenvalue weighted by Crippen LogP contribution is -2.04. The van der Waals surface area contributed by atoms with Crippen molar-refractivity contribution in [2.24, 2.45) is 0 Å². The van der Waals surface area contributed by atoms with Crippen molar-refractivity contribution in [2.45, 2.75) is 0 Å². The Hall–Kier alpha value is -6.72. The molecule has 7 aromatic carbocycles. The first-order chi connectivity index (χ1) is 24.3. The van der Waals surface area contributed by atoms with Crippen LogP contribution in [0.5, 0.6) is 0 Å². The second kappa shape index (κ2) is 9.89. The van der Waals surface area contributed by atoms with Crippen molar-refractivity contribution in [2.75, 3.05) is 0 Å². The number of furan rings is 1. The van der Waals surface area contributed by atoms with Crippen LogP contribution in [0, 0.1) is 0 Å². The molecule has 0 saturated heterocycles. The van der Waals surface area contributed by atoms with E-state index in [0.717, 1.165) is 66.8 Å². The third-order valence-corrected chi connectivity index (χ3v) is 9.91. The highest BCUT2D eigenvalue weighted by Gasteiger charge is 2.24. The van der Waals surface area contributed by atoms with E-state index in [9.17, 15) is 0 Å². The number of rotatable bonds is 3. The molecule has 0 fully saturated rings. The Balaban J connectivity index is 1.31. The van der Waals surface area contributed by atoms with Crippen LogP contribution in [0.1, 0.15) is 0 Å². The molecule has 0 N–H and O–H groups in total. The molecule has 228 valence electrons. The van der Waals surface area contributed by atoms with Crippen molar-refractivity contribution in [3.63, 3.8) is 0 Å².